The Kier molecular flexibility index (Phi) is 5.63. The lowest BCUT2D eigenvalue weighted by molar-refractivity contribution is -0.114. The number of benzene rings is 2. The highest BCUT2D eigenvalue weighted by Gasteiger charge is 2.21. The second-order valence-electron chi connectivity index (χ2n) is 7.74. The van der Waals surface area contributed by atoms with E-state index in [4.69, 9.17) is 14.5 Å². The number of carbonyl (C=O) groups is 1. The smallest absolute Gasteiger partial charge is 0.229 e. The van der Waals surface area contributed by atoms with Gasteiger partial charge in [0.25, 0.3) is 0 Å². The number of anilines is 2. The van der Waals surface area contributed by atoms with Crippen LogP contribution in [-0.2, 0) is 20.7 Å². The van der Waals surface area contributed by atoms with Gasteiger partial charge in [0.05, 0.1) is 12.2 Å². The zero-order chi connectivity index (χ0) is 22.6. The van der Waals surface area contributed by atoms with E-state index in [9.17, 15) is 4.79 Å². The van der Waals surface area contributed by atoms with Crippen LogP contribution in [0, 0.1) is 0 Å². The predicted molar refractivity (Wildman–Crippen MR) is 125 cm³/mol. The van der Waals surface area contributed by atoms with Crippen LogP contribution >= 0.6 is 0 Å². The molecule has 166 valence electrons. The van der Waals surface area contributed by atoms with Crippen LogP contribution in [0.2, 0.25) is 0 Å². The molecule has 0 radical (unpaired) electrons. The number of aromatic nitrogens is 3. The van der Waals surface area contributed by atoms with Gasteiger partial charge >= 0.3 is 0 Å². The van der Waals surface area contributed by atoms with Crippen LogP contribution in [0.1, 0.15) is 12.5 Å². The Morgan fingerprint density at radius 2 is 2.03 bits per heavy atom. The number of amides is 1. The summed E-state index contributed by atoms with van der Waals surface area (Å²) >= 11 is 0. The van der Waals surface area contributed by atoms with Crippen LogP contribution in [0.15, 0.2) is 85.1 Å². The van der Waals surface area contributed by atoms with Gasteiger partial charge in [-0.1, -0.05) is 42.5 Å². The first-order chi connectivity index (χ1) is 16.2. The van der Waals surface area contributed by atoms with E-state index in [-0.39, 0.29) is 18.7 Å². The highest BCUT2D eigenvalue weighted by Crippen LogP contribution is 2.27. The molecule has 0 bridgehead atoms. The maximum absolute atomic E-state index is 11.4. The maximum atomic E-state index is 11.4. The Morgan fingerprint density at radius 3 is 2.82 bits per heavy atom. The summed E-state index contributed by atoms with van der Waals surface area (Å²) < 4.78 is 12.7. The van der Waals surface area contributed by atoms with Gasteiger partial charge < -0.3 is 20.1 Å². The molecule has 8 heteroatoms. The summed E-state index contributed by atoms with van der Waals surface area (Å²) in [6.45, 7) is 1.70. The first-order valence-corrected chi connectivity index (χ1v) is 10.6. The topological polar surface area (TPSA) is 89.8 Å². The van der Waals surface area contributed by atoms with Gasteiger partial charge in [0.1, 0.15) is 12.1 Å². The minimum atomic E-state index is -0.140. The lowest BCUT2D eigenvalue weighted by atomic mass is 10.0. The number of nitrogens with zero attached hydrogens (tertiary/aromatic N) is 3. The number of nitrogens with one attached hydrogen (secondary N) is 2. The molecule has 2 N–H and O–H groups in total. The minimum absolute atomic E-state index is 0.117. The molecule has 8 nitrogen and oxygen atoms in total. The molecule has 1 atom stereocenters. The van der Waals surface area contributed by atoms with Gasteiger partial charge in [-0.25, -0.2) is 9.50 Å². The van der Waals surface area contributed by atoms with E-state index in [1.54, 1.807) is 17.0 Å². The van der Waals surface area contributed by atoms with Crippen LogP contribution in [0.4, 0.5) is 11.5 Å². The molecule has 1 amide bonds. The fraction of sp³-hybridized carbons (Fsp3) is 0.160. The largest absolute Gasteiger partial charge is 0.462 e. The zero-order valence-corrected chi connectivity index (χ0v) is 18.1. The SMILES string of the molecule is CC(=O)Nc1cccc(-c2cnn3ccc(NC(Cc4ccccc4)C4=COCO4)nc23)c1. The molecule has 1 aliphatic rings. The number of ether oxygens (including phenoxy) is 2. The number of hydrogen-bond donors (Lipinski definition) is 2. The van der Waals surface area contributed by atoms with Gasteiger partial charge in [0.15, 0.2) is 11.4 Å². The van der Waals surface area contributed by atoms with E-state index in [0.29, 0.717) is 17.9 Å². The summed E-state index contributed by atoms with van der Waals surface area (Å²) in [5.41, 5.74) is 4.38. The fourth-order valence-corrected chi connectivity index (χ4v) is 3.81. The minimum Gasteiger partial charge on any atom is -0.462 e. The number of fused-ring (bicyclic) bond motifs is 1. The van der Waals surface area contributed by atoms with Crippen LogP contribution in [0.5, 0.6) is 0 Å². The Bertz CT molecular complexity index is 1320. The molecule has 0 fully saturated rings. The van der Waals surface area contributed by atoms with E-state index in [1.165, 1.54) is 12.5 Å². The maximum Gasteiger partial charge on any atom is 0.229 e. The van der Waals surface area contributed by atoms with Crippen molar-refractivity contribution < 1.29 is 14.3 Å². The Balaban J connectivity index is 1.45. The number of rotatable bonds is 7. The molecule has 0 saturated carbocycles. The third-order valence-corrected chi connectivity index (χ3v) is 5.30. The summed E-state index contributed by atoms with van der Waals surface area (Å²) in [5, 5.41) is 10.7. The quantitative estimate of drug-likeness (QED) is 0.446. The molecular formula is C25H23N5O3. The first-order valence-electron chi connectivity index (χ1n) is 10.6. The Hall–Kier alpha value is -4.33. The highest BCUT2D eigenvalue weighted by atomic mass is 16.7. The molecule has 1 unspecified atom stereocenters. The molecule has 2 aromatic carbocycles. The number of carbonyl (C=O) groups excluding carboxylic acids is 1. The highest BCUT2D eigenvalue weighted by molar-refractivity contribution is 5.90. The molecule has 33 heavy (non-hydrogen) atoms. The third-order valence-electron chi connectivity index (χ3n) is 5.30. The van der Waals surface area contributed by atoms with Crippen LogP contribution in [0.25, 0.3) is 16.8 Å². The second kappa shape index (κ2) is 9.04. The molecule has 5 rings (SSSR count). The van der Waals surface area contributed by atoms with E-state index >= 15 is 0 Å². The van der Waals surface area contributed by atoms with Crippen molar-refractivity contribution in [3.8, 4) is 11.1 Å². The Labute approximate surface area is 190 Å². The normalized spacial score (nSPS) is 13.7. The van der Waals surface area contributed by atoms with Crippen molar-refractivity contribution >= 4 is 23.1 Å². The fourth-order valence-electron chi connectivity index (χ4n) is 3.81. The van der Waals surface area contributed by atoms with Crippen molar-refractivity contribution in [3.05, 3.63) is 90.6 Å². The van der Waals surface area contributed by atoms with Gasteiger partial charge in [-0.3, -0.25) is 4.79 Å². The lowest BCUT2D eigenvalue weighted by Gasteiger charge is -2.19. The monoisotopic (exact) mass is 441 g/mol. The van der Waals surface area contributed by atoms with Crippen molar-refractivity contribution in [2.24, 2.45) is 0 Å². The predicted octanol–water partition coefficient (Wildman–Crippen LogP) is 4.22. The lowest BCUT2D eigenvalue weighted by Crippen LogP contribution is -2.26. The van der Waals surface area contributed by atoms with E-state index < -0.39 is 0 Å². The van der Waals surface area contributed by atoms with Crippen molar-refractivity contribution in [2.75, 3.05) is 17.4 Å². The van der Waals surface area contributed by atoms with E-state index in [2.05, 4.69) is 27.9 Å². The van der Waals surface area contributed by atoms with Crippen molar-refractivity contribution in [1.82, 2.24) is 14.6 Å². The van der Waals surface area contributed by atoms with Crippen molar-refractivity contribution in [2.45, 2.75) is 19.4 Å². The second-order valence-corrected chi connectivity index (χ2v) is 7.74. The van der Waals surface area contributed by atoms with Crippen LogP contribution in [0.3, 0.4) is 0 Å². The standard InChI is InChI=1S/C25H23N5O3/c1-17(31)27-20-9-5-8-19(13-20)21-14-26-30-11-10-24(29-25(21)30)28-22(23-15-32-16-33-23)12-18-6-3-2-4-7-18/h2-11,13-15,22H,12,16H2,1H3,(H,27,31)(H,28,29). The average molecular weight is 441 g/mol. The van der Waals surface area contributed by atoms with E-state index in [1.807, 2.05) is 54.7 Å². The van der Waals surface area contributed by atoms with Crippen molar-refractivity contribution in [1.29, 1.82) is 0 Å². The summed E-state index contributed by atoms with van der Waals surface area (Å²) in [5.74, 6) is 1.31. The first kappa shape index (κ1) is 20.6. The molecule has 4 aromatic rings. The summed E-state index contributed by atoms with van der Waals surface area (Å²) in [7, 11) is 0. The van der Waals surface area contributed by atoms with Crippen LogP contribution < -0.4 is 10.6 Å². The molecular weight excluding hydrogens is 418 g/mol. The van der Waals surface area contributed by atoms with Gasteiger partial charge in [0, 0.05) is 24.4 Å². The van der Waals surface area contributed by atoms with Gasteiger partial charge in [-0.05, 0) is 35.7 Å². The molecule has 3 heterocycles. The molecule has 2 aromatic heterocycles. The van der Waals surface area contributed by atoms with Crippen LogP contribution in [-0.4, -0.2) is 33.3 Å². The van der Waals surface area contributed by atoms with Gasteiger partial charge in [-0.15, -0.1) is 0 Å². The zero-order valence-electron chi connectivity index (χ0n) is 18.1. The molecule has 0 spiro atoms. The molecule has 0 saturated heterocycles. The van der Waals surface area contributed by atoms with Gasteiger partial charge in [0.2, 0.25) is 12.7 Å². The summed E-state index contributed by atoms with van der Waals surface area (Å²) in [6.07, 6.45) is 6.01. The van der Waals surface area contributed by atoms with Crippen molar-refractivity contribution in [3.63, 3.8) is 0 Å². The summed E-state index contributed by atoms with van der Waals surface area (Å²) in [6, 6.07) is 19.6. The molecule has 0 aliphatic carbocycles. The third kappa shape index (κ3) is 4.64. The van der Waals surface area contributed by atoms with Gasteiger partial charge in [-0.2, -0.15) is 5.10 Å². The van der Waals surface area contributed by atoms with E-state index in [0.717, 1.165) is 22.6 Å². The summed E-state index contributed by atoms with van der Waals surface area (Å²) in [4.78, 5) is 16.3. The Morgan fingerprint density at radius 1 is 1.15 bits per heavy atom. The average Bonchev–Trinajstić information content (AvgIpc) is 3.49. The number of hydrogen-bond acceptors (Lipinski definition) is 6. The molecule has 1 aliphatic heterocycles.